The Hall–Kier alpha value is -0.481. The first-order valence-electron chi connectivity index (χ1n) is 7.10. The van der Waals surface area contributed by atoms with Gasteiger partial charge in [-0.3, -0.25) is 0 Å². The fraction of sp³-hybridized carbons (Fsp3) is 0.467. The number of unbranched alkanes of at least 4 members (excludes halogenated alkanes) is 1. The molecule has 1 heterocycles. The SMILES string of the molecule is O=C(CCCCC1CCS[Se]1)N/N=C/c1ccccc1Cl. The van der Waals surface area contributed by atoms with E-state index in [0.717, 1.165) is 37.1 Å². The molecule has 2 rings (SSSR count). The predicted molar refractivity (Wildman–Crippen MR) is 92.2 cm³/mol. The van der Waals surface area contributed by atoms with E-state index in [-0.39, 0.29) is 5.91 Å². The van der Waals surface area contributed by atoms with Gasteiger partial charge in [-0.15, -0.1) is 0 Å². The van der Waals surface area contributed by atoms with Gasteiger partial charge in [0.25, 0.3) is 0 Å². The van der Waals surface area contributed by atoms with E-state index in [9.17, 15) is 4.79 Å². The molecule has 0 bridgehead atoms. The maximum atomic E-state index is 11.7. The van der Waals surface area contributed by atoms with E-state index in [0.29, 0.717) is 11.4 Å². The summed E-state index contributed by atoms with van der Waals surface area (Å²) >= 11 is 6.78. The van der Waals surface area contributed by atoms with Crippen molar-refractivity contribution in [3.05, 3.63) is 34.9 Å². The van der Waals surface area contributed by atoms with Crippen molar-refractivity contribution >= 4 is 47.7 Å². The van der Waals surface area contributed by atoms with Crippen LogP contribution in [0.5, 0.6) is 0 Å². The van der Waals surface area contributed by atoms with Gasteiger partial charge in [0.05, 0.1) is 0 Å². The number of carbonyl (C=O) groups excluding carboxylic acids is 1. The number of carbonyl (C=O) groups is 1. The van der Waals surface area contributed by atoms with Crippen LogP contribution >= 0.6 is 21.8 Å². The molecule has 0 spiro atoms. The van der Waals surface area contributed by atoms with Gasteiger partial charge < -0.3 is 0 Å². The summed E-state index contributed by atoms with van der Waals surface area (Å²) in [5, 5.41) is 4.58. The zero-order chi connectivity index (χ0) is 14.9. The Bertz CT molecular complexity index is 492. The Balaban J connectivity index is 1.60. The van der Waals surface area contributed by atoms with Gasteiger partial charge in [0.15, 0.2) is 0 Å². The Morgan fingerprint density at radius 2 is 2.33 bits per heavy atom. The van der Waals surface area contributed by atoms with Crippen LogP contribution in [0.2, 0.25) is 9.84 Å². The quantitative estimate of drug-likeness (QED) is 0.332. The summed E-state index contributed by atoms with van der Waals surface area (Å²) in [5.41, 5.74) is 3.36. The number of rotatable bonds is 7. The molecule has 1 amide bonds. The zero-order valence-electron chi connectivity index (χ0n) is 11.8. The van der Waals surface area contributed by atoms with Gasteiger partial charge in [-0.2, -0.15) is 0 Å². The number of nitrogens with one attached hydrogen (secondary N) is 1. The third-order valence-corrected chi connectivity index (χ3v) is 8.97. The average molecular weight is 390 g/mol. The third-order valence-electron chi connectivity index (χ3n) is 3.21. The fourth-order valence-corrected chi connectivity index (χ4v) is 7.65. The molecule has 0 aliphatic carbocycles. The summed E-state index contributed by atoms with van der Waals surface area (Å²) in [6, 6.07) is 7.41. The second kappa shape index (κ2) is 9.52. The molecule has 0 radical (unpaired) electrons. The second-order valence-corrected chi connectivity index (χ2v) is 10.2. The number of nitrogens with zero attached hydrogens (tertiary/aromatic N) is 1. The number of amides is 1. The summed E-state index contributed by atoms with van der Waals surface area (Å²) in [5.74, 6) is 1.31. The van der Waals surface area contributed by atoms with Crippen molar-refractivity contribution in [1.82, 2.24) is 5.43 Å². The molecular weight excluding hydrogens is 371 g/mol. The molecule has 114 valence electrons. The van der Waals surface area contributed by atoms with Gasteiger partial charge in [-0.25, -0.2) is 0 Å². The molecule has 0 saturated carbocycles. The molecule has 6 heteroatoms. The van der Waals surface area contributed by atoms with Gasteiger partial charge in [-0.05, 0) is 0 Å². The van der Waals surface area contributed by atoms with Crippen LogP contribution in [0.1, 0.15) is 37.7 Å². The minimum absolute atomic E-state index is 0.0235. The van der Waals surface area contributed by atoms with Crippen LogP contribution in [0.3, 0.4) is 0 Å². The van der Waals surface area contributed by atoms with E-state index in [1.807, 2.05) is 18.2 Å². The van der Waals surface area contributed by atoms with Crippen LogP contribution in [0.15, 0.2) is 29.4 Å². The summed E-state index contributed by atoms with van der Waals surface area (Å²) in [4.78, 5) is 12.6. The molecule has 1 N–H and O–H groups in total. The van der Waals surface area contributed by atoms with Crippen molar-refractivity contribution in [1.29, 1.82) is 0 Å². The van der Waals surface area contributed by atoms with Crippen molar-refractivity contribution in [3.8, 4) is 0 Å². The summed E-state index contributed by atoms with van der Waals surface area (Å²) < 4.78 is 0. The molecule has 1 aliphatic rings. The molecular formula is C15H19ClN2OSSe. The van der Waals surface area contributed by atoms with E-state index >= 15 is 0 Å². The van der Waals surface area contributed by atoms with E-state index in [2.05, 4.69) is 20.7 Å². The molecule has 21 heavy (non-hydrogen) atoms. The first-order chi connectivity index (χ1) is 10.3. The molecule has 1 aromatic carbocycles. The van der Waals surface area contributed by atoms with Crippen molar-refractivity contribution in [3.63, 3.8) is 0 Å². The molecule has 1 fully saturated rings. The average Bonchev–Trinajstić information content (AvgIpc) is 2.99. The Morgan fingerprint density at radius 3 is 3.10 bits per heavy atom. The van der Waals surface area contributed by atoms with Gasteiger partial charge in [0.2, 0.25) is 0 Å². The van der Waals surface area contributed by atoms with E-state index in [1.165, 1.54) is 18.6 Å². The number of hydrazone groups is 1. The molecule has 1 aliphatic heterocycles. The van der Waals surface area contributed by atoms with Crippen LogP contribution < -0.4 is 5.43 Å². The van der Waals surface area contributed by atoms with Gasteiger partial charge in [-0.1, -0.05) is 6.07 Å². The monoisotopic (exact) mass is 390 g/mol. The van der Waals surface area contributed by atoms with E-state index in [1.54, 1.807) is 12.3 Å². The van der Waals surface area contributed by atoms with E-state index < -0.39 is 0 Å². The van der Waals surface area contributed by atoms with Crippen LogP contribution in [-0.2, 0) is 4.79 Å². The third kappa shape index (κ3) is 6.43. The van der Waals surface area contributed by atoms with E-state index in [4.69, 9.17) is 11.6 Å². The summed E-state index contributed by atoms with van der Waals surface area (Å²) in [6.07, 6.45) is 6.88. The van der Waals surface area contributed by atoms with Crippen LogP contribution in [-0.4, -0.2) is 31.7 Å². The van der Waals surface area contributed by atoms with Gasteiger partial charge >= 0.3 is 135 Å². The van der Waals surface area contributed by atoms with Crippen LogP contribution in [0.25, 0.3) is 0 Å². The van der Waals surface area contributed by atoms with Crippen molar-refractivity contribution < 1.29 is 4.79 Å². The number of hydrogen-bond acceptors (Lipinski definition) is 3. The first-order valence-corrected chi connectivity index (χ1v) is 11.5. The standard InChI is InChI=1S/C15H19ClN2OSSe/c16-14-7-3-1-5-12(14)11-17-18-15(19)8-4-2-6-13-9-10-20-21-13/h1,3,5,7,11,13H,2,4,6,8-10H2,(H,18,19)/b17-11+. The minimum atomic E-state index is -0.0235. The first kappa shape index (κ1) is 16.9. The number of hydrogen-bond donors (Lipinski definition) is 1. The predicted octanol–water partition coefficient (Wildman–Crippen LogP) is 3.90. The fourth-order valence-electron chi connectivity index (χ4n) is 2.03. The second-order valence-electron chi connectivity index (χ2n) is 4.89. The van der Waals surface area contributed by atoms with Crippen molar-refractivity contribution in [2.75, 3.05) is 5.75 Å². The number of halogens is 1. The molecule has 0 aromatic heterocycles. The Labute approximate surface area is 140 Å². The molecule has 1 unspecified atom stereocenters. The van der Waals surface area contributed by atoms with Gasteiger partial charge in [0, 0.05) is 0 Å². The van der Waals surface area contributed by atoms with Crippen LogP contribution in [0, 0.1) is 0 Å². The summed E-state index contributed by atoms with van der Waals surface area (Å²) in [7, 11) is 2.11. The molecule has 1 saturated heterocycles. The summed E-state index contributed by atoms with van der Waals surface area (Å²) in [6.45, 7) is 0. The molecule has 3 nitrogen and oxygen atoms in total. The van der Waals surface area contributed by atoms with Crippen LogP contribution in [0.4, 0.5) is 0 Å². The molecule has 1 aromatic rings. The van der Waals surface area contributed by atoms with Crippen molar-refractivity contribution in [2.24, 2.45) is 5.10 Å². The van der Waals surface area contributed by atoms with Gasteiger partial charge in [0.1, 0.15) is 0 Å². The number of benzene rings is 1. The topological polar surface area (TPSA) is 41.5 Å². The zero-order valence-corrected chi connectivity index (χ0v) is 15.0. The van der Waals surface area contributed by atoms with Crippen molar-refractivity contribution in [2.45, 2.75) is 36.9 Å². The maximum absolute atomic E-state index is 11.7. The Morgan fingerprint density at radius 1 is 1.48 bits per heavy atom. The normalized spacial score (nSPS) is 18.2. The molecule has 1 atom stereocenters. The Kier molecular flexibility index (Phi) is 7.65.